The topological polar surface area (TPSA) is 49.2 Å². The van der Waals surface area contributed by atoms with Gasteiger partial charge in [-0.05, 0) is 47.1 Å². The highest BCUT2D eigenvalue weighted by Gasteiger charge is 2.50. The maximum atomic E-state index is 9.89. The lowest BCUT2D eigenvalue weighted by Crippen LogP contribution is -2.59. The van der Waals surface area contributed by atoms with Crippen molar-refractivity contribution in [1.29, 1.82) is 5.26 Å². The van der Waals surface area contributed by atoms with E-state index in [4.69, 9.17) is 4.74 Å². The molecule has 0 aliphatic carbocycles. The molecule has 0 amide bonds. The first-order valence-corrected chi connectivity index (χ1v) is 8.35. The molecule has 0 N–H and O–H groups in total. The van der Waals surface area contributed by atoms with Gasteiger partial charge in [0, 0.05) is 28.0 Å². The second-order valence-corrected chi connectivity index (χ2v) is 7.40. The van der Waals surface area contributed by atoms with Crippen molar-refractivity contribution in [2.45, 2.75) is 36.4 Å². The van der Waals surface area contributed by atoms with Gasteiger partial charge >= 0.3 is 0 Å². The Morgan fingerprint density at radius 3 is 2.52 bits per heavy atom. The minimum atomic E-state index is -0.409. The van der Waals surface area contributed by atoms with E-state index in [0.717, 1.165) is 35.2 Å². The lowest BCUT2D eigenvalue weighted by atomic mass is 9.71. The number of aromatic nitrogens is 1. The van der Waals surface area contributed by atoms with E-state index in [1.165, 1.54) is 0 Å². The fraction of sp³-hybridized carbons (Fsp3) is 0.500. The van der Waals surface area contributed by atoms with Gasteiger partial charge in [0.15, 0.2) is 0 Å². The molecule has 0 aromatic carbocycles. The van der Waals surface area contributed by atoms with Crippen molar-refractivity contribution in [3.05, 3.63) is 39.7 Å². The van der Waals surface area contributed by atoms with Crippen molar-refractivity contribution in [2.24, 2.45) is 0 Å². The first-order valence-electron chi connectivity index (χ1n) is 7.28. The summed E-state index contributed by atoms with van der Waals surface area (Å²) in [5.74, 6) is 0. The molecule has 1 aromatic heterocycles. The molecule has 4 rings (SSSR count). The van der Waals surface area contributed by atoms with E-state index in [1.807, 2.05) is 12.4 Å². The first-order chi connectivity index (χ1) is 10.2. The largest absolute Gasteiger partial charge is 0.378 e. The Bertz CT molecular complexity index is 619. The number of hydrogen-bond acceptors (Lipinski definition) is 4. The van der Waals surface area contributed by atoms with Gasteiger partial charge in [0.25, 0.3) is 0 Å². The predicted octanol–water partition coefficient (Wildman–Crippen LogP) is 2.25. The summed E-state index contributed by atoms with van der Waals surface area (Å²) in [5, 5.41) is 9.89. The van der Waals surface area contributed by atoms with Gasteiger partial charge in [0.1, 0.15) is 0 Å². The molecule has 0 saturated carbocycles. The van der Waals surface area contributed by atoms with Gasteiger partial charge in [0.2, 0.25) is 0 Å². The van der Waals surface area contributed by atoms with Crippen molar-refractivity contribution < 1.29 is 4.74 Å². The maximum absolute atomic E-state index is 9.89. The molecule has 0 unspecified atom stereocenters. The summed E-state index contributed by atoms with van der Waals surface area (Å²) in [7, 11) is 0. The number of pyridine rings is 1. The number of ether oxygens (including phenoxy) is 1. The molecule has 2 saturated heterocycles. The van der Waals surface area contributed by atoms with Gasteiger partial charge in [0.05, 0.1) is 30.7 Å². The lowest BCUT2D eigenvalue weighted by Gasteiger charge is -2.49. The smallest absolute Gasteiger partial charge is 0.0873 e. The van der Waals surface area contributed by atoms with E-state index in [1.54, 1.807) is 0 Å². The third-order valence-corrected chi connectivity index (χ3v) is 5.54. The van der Waals surface area contributed by atoms with E-state index in [9.17, 15) is 5.26 Å². The Kier molecular flexibility index (Phi) is 3.28. The highest BCUT2D eigenvalue weighted by Crippen LogP contribution is 2.45. The number of fused-ring (bicyclic) bond motifs is 2. The van der Waals surface area contributed by atoms with Crippen LogP contribution in [0.15, 0.2) is 30.6 Å². The van der Waals surface area contributed by atoms with Gasteiger partial charge in [-0.15, -0.1) is 0 Å². The van der Waals surface area contributed by atoms with Gasteiger partial charge < -0.3 is 4.74 Å². The summed E-state index contributed by atoms with van der Waals surface area (Å²) in [6, 6.07) is 5.97. The SMILES string of the molecule is N#C[C@@]1(c2cncc(I)c2)C[C@H]2C=C[C@@H](C1)N2C1COC1. The summed E-state index contributed by atoms with van der Waals surface area (Å²) < 4.78 is 6.44. The van der Waals surface area contributed by atoms with Crippen LogP contribution in [0.3, 0.4) is 0 Å². The van der Waals surface area contributed by atoms with E-state index < -0.39 is 5.41 Å². The monoisotopic (exact) mass is 393 g/mol. The quantitative estimate of drug-likeness (QED) is 0.572. The number of halogens is 1. The Morgan fingerprint density at radius 1 is 1.29 bits per heavy atom. The average molecular weight is 393 g/mol. The molecule has 1 aromatic rings. The van der Waals surface area contributed by atoms with Gasteiger partial charge in [-0.25, -0.2) is 0 Å². The van der Waals surface area contributed by atoms with Crippen molar-refractivity contribution >= 4 is 22.6 Å². The van der Waals surface area contributed by atoms with Crippen LogP contribution in [0.4, 0.5) is 0 Å². The Hall–Kier alpha value is -0.970. The first kappa shape index (κ1) is 13.7. The van der Waals surface area contributed by atoms with E-state index in [2.05, 4.69) is 56.8 Å². The fourth-order valence-electron chi connectivity index (χ4n) is 3.85. The molecule has 0 spiro atoms. The summed E-state index contributed by atoms with van der Waals surface area (Å²) in [4.78, 5) is 6.83. The van der Waals surface area contributed by atoms with Crippen molar-refractivity contribution in [3.8, 4) is 6.07 Å². The van der Waals surface area contributed by atoms with Gasteiger partial charge in [-0.2, -0.15) is 5.26 Å². The average Bonchev–Trinajstić information content (AvgIpc) is 2.70. The number of rotatable bonds is 2. The van der Waals surface area contributed by atoms with Crippen LogP contribution < -0.4 is 0 Å². The third kappa shape index (κ3) is 2.12. The van der Waals surface area contributed by atoms with E-state index >= 15 is 0 Å². The normalized spacial score (nSPS) is 35.4. The molecule has 2 bridgehead atoms. The van der Waals surface area contributed by atoms with Crippen LogP contribution in [-0.2, 0) is 10.2 Å². The molecule has 3 atom stereocenters. The zero-order chi connectivity index (χ0) is 14.4. The minimum absolute atomic E-state index is 0.357. The second-order valence-electron chi connectivity index (χ2n) is 6.15. The van der Waals surface area contributed by atoms with Crippen LogP contribution in [0.25, 0.3) is 0 Å². The van der Waals surface area contributed by atoms with Crippen LogP contribution in [0, 0.1) is 14.9 Å². The van der Waals surface area contributed by atoms with Crippen LogP contribution in [0.2, 0.25) is 0 Å². The molecule has 2 fully saturated rings. The van der Waals surface area contributed by atoms with Gasteiger partial charge in [-0.3, -0.25) is 9.88 Å². The third-order valence-electron chi connectivity index (χ3n) is 4.95. The van der Waals surface area contributed by atoms with E-state index in [0.29, 0.717) is 18.1 Å². The highest BCUT2D eigenvalue weighted by atomic mass is 127. The molecule has 5 heteroatoms. The molecule has 108 valence electrons. The van der Waals surface area contributed by atoms with Crippen LogP contribution in [0.5, 0.6) is 0 Å². The molecular weight excluding hydrogens is 377 g/mol. The van der Waals surface area contributed by atoms with Crippen molar-refractivity contribution in [2.75, 3.05) is 13.2 Å². The summed E-state index contributed by atoms with van der Waals surface area (Å²) in [6.45, 7) is 1.66. The summed E-state index contributed by atoms with van der Waals surface area (Å²) in [5.41, 5.74) is 0.661. The fourth-order valence-corrected chi connectivity index (χ4v) is 4.34. The number of nitriles is 1. The molecule has 4 heterocycles. The summed E-state index contributed by atoms with van der Waals surface area (Å²) in [6.07, 6.45) is 9.98. The summed E-state index contributed by atoms with van der Waals surface area (Å²) >= 11 is 2.27. The van der Waals surface area contributed by atoms with Crippen molar-refractivity contribution in [1.82, 2.24) is 9.88 Å². The standard InChI is InChI=1S/C16H16IN3O/c17-12-3-11(6-19-7-12)16(10-18)4-13-1-2-14(5-16)20(13)15-8-21-9-15/h1-3,6-7,13-15H,4-5,8-9H2/t13-,14+,16-. The number of piperidine rings is 1. The number of hydrogen-bond donors (Lipinski definition) is 0. The highest BCUT2D eigenvalue weighted by molar-refractivity contribution is 14.1. The van der Waals surface area contributed by atoms with Crippen LogP contribution in [-0.4, -0.2) is 41.2 Å². The Balaban J connectivity index is 1.66. The molecule has 4 nitrogen and oxygen atoms in total. The minimum Gasteiger partial charge on any atom is -0.378 e. The van der Waals surface area contributed by atoms with Crippen LogP contribution in [0.1, 0.15) is 18.4 Å². The maximum Gasteiger partial charge on any atom is 0.0873 e. The molecule has 0 radical (unpaired) electrons. The van der Waals surface area contributed by atoms with Gasteiger partial charge in [-0.1, -0.05) is 12.2 Å². The van der Waals surface area contributed by atoms with Crippen molar-refractivity contribution in [3.63, 3.8) is 0 Å². The Morgan fingerprint density at radius 2 is 2.00 bits per heavy atom. The molecule has 3 aliphatic heterocycles. The Labute approximate surface area is 137 Å². The zero-order valence-corrected chi connectivity index (χ0v) is 13.7. The van der Waals surface area contributed by atoms with E-state index in [-0.39, 0.29) is 0 Å². The lowest BCUT2D eigenvalue weighted by molar-refractivity contribution is -0.0920. The molecule has 21 heavy (non-hydrogen) atoms. The zero-order valence-electron chi connectivity index (χ0n) is 11.6. The predicted molar refractivity (Wildman–Crippen MR) is 86.6 cm³/mol. The molecular formula is C16H16IN3O. The second kappa shape index (κ2) is 5.04. The molecule has 3 aliphatic rings. The van der Waals surface area contributed by atoms with Crippen LogP contribution >= 0.6 is 22.6 Å². The number of nitrogens with zero attached hydrogens (tertiary/aromatic N) is 3.